The molecule has 118 valence electrons. The first-order chi connectivity index (χ1) is 10.3. The lowest BCUT2D eigenvalue weighted by atomic mass is 10.2. The third-order valence-electron chi connectivity index (χ3n) is 3.73. The van der Waals surface area contributed by atoms with Crippen LogP contribution in [-0.4, -0.2) is 46.5 Å². The van der Waals surface area contributed by atoms with Crippen LogP contribution in [0.2, 0.25) is 0 Å². The number of carbonyl (C=O) groups excluding carboxylic acids is 1. The van der Waals surface area contributed by atoms with Gasteiger partial charge in [0, 0.05) is 19.6 Å². The van der Waals surface area contributed by atoms with Crippen molar-refractivity contribution in [3.63, 3.8) is 0 Å². The molecule has 22 heavy (non-hydrogen) atoms. The maximum atomic E-state index is 12.4. The second-order valence-electron chi connectivity index (χ2n) is 5.18. The van der Waals surface area contributed by atoms with Crippen LogP contribution in [0.1, 0.15) is 6.42 Å². The van der Waals surface area contributed by atoms with Gasteiger partial charge < -0.3 is 10.2 Å². The molecule has 2 aromatic rings. The summed E-state index contributed by atoms with van der Waals surface area (Å²) in [5.74, 6) is -0.0297. The van der Waals surface area contributed by atoms with Crippen molar-refractivity contribution in [1.29, 1.82) is 0 Å². The third kappa shape index (κ3) is 3.45. The molecule has 3 rings (SSSR count). The van der Waals surface area contributed by atoms with E-state index in [0.717, 1.165) is 26.1 Å². The molecule has 0 saturated carbocycles. The molecule has 1 aromatic carbocycles. The zero-order chi connectivity index (χ0) is 14.7. The van der Waals surface area contributed by atoms with Gasteiger partial charge in [-0.25, -0.2) is 4.98 Å². The van der Waals surface area contributed by atoms with E-state index >= 15 is 0 Å². The standard InChI is InChI=1S/C15H18N4O2.ClH/c20-14(18-8-3-6-16-7-9-18)10-19-11-17-13-5-2-1-4-12(13)15(19)21;/h1-2,4-5,11,16H,3,6-10H2;1H. The van der Waals surface area contributed by atoms with Gasteiger partial charge in [0.15, 0.2) is 0 Å². The van der Waals surface area contributed by atoms with Crippen molar-refractivity contribution in [2.45, 2.75) is 13.0 Å². The molecule has 6 nitrogen and oxygen atoms in total. The fraction of sp³-hybridized carbons (Fsp3) is 0.400. The second-order valence-corrected chi connectivity index (χ2v) is 5.18. The fourth-order valence-electron chi connectivity index (χ4n) is 2.56. The van der Waals surface area contributed by atoms with Crippen LogP contribution in [0.5, 0.6) is 0 Å². The Morgan fingerprint density at radius 2 is 2.05 bits per heavy atom. The summed E-state index contributed by atoms with van der Waals surface area (Å²) >= 11 is 0. The van der Waals surface area contributed by atoms with Crippen LogP contribution < -0.4 is 10.9 Å². The van der Waals surface area contributed by atoms with E-state index in [1.807, 2.05) is 11.0 Å². The molecule has 0 aliphatic carbocycles. The van der Waals surface area contributed by atoms with Gasteiger partial charge in [-0.15, -0.1) is 12.4 Å². The third-order valence-corrected chi connectivity index (χ3v) is 3.73. The van der Waals surface area contributed by atoms with Crippen LogP contribution in [0.4, 0.5) is 0 Å². The van der Waals surface area contributed by atoms with E-state index in [1.165, 1.54) is 10.9 Å². The summed E-state index contributed by atoms with van der Waals surface area (Å²) < 4.78 is 1.39. The van der Waals surface area contributed by atoms with E-state index < -0.39 is 0 Å². The number of hydrogen-bond acceptors (Lipinski definition) is 4. The van der Waals surface area contributed by atoms with E-state index in [9.17, 15) is 9.59 Å². The number of carbonyl (C=O) groups is 1. The summed E-state index contributed by atoms with van der Waals surface area (Å²) in [7, 11) is 0. The Labute approximate surface area is 134 Å². The molecule has 1 aliphatic rings. The monoisotopic (exact) mass is 322 g/mol. The zero-order valence-electron chi connectivity index (χ0n) is 12.2. The number of nitrogens with zero attached hydrogens (tertiary/aromatic N) is 3. The van der Waals surface area contributed by atoms with Gasteiger partial charge >= 0.3 is 0 Å². The van der Waals surface area contributed by atoms with Gasteiger partial charge in [-0.2, -0.15) is 0 Å². The SMILES string of the molecule is Cl.O=C(Cn1cnc2ccccc2c1=O)N1CCCNCC1. The lowest BCUT2D eigenvalue weighted by Gasteiger charge is -2.20. The van der Waals surface area contributed by atoms with Crippen molar-refractivity contribution in [3.8, 4) is 0 Å². The predicted octanol–water partition coefficient (Wildman–Crippen LogP) is 0.640. The molecule has 0 spiro atoms. The Morgan fingerprint density at radius 3 is 2.91 bits per heavy atom. The van der Waals surface area contributed by atoms with Gasteiger partial charge in [0.2, 0.25) is 5.91 Å². The average Bonchev–Trinajstić information content (AvgIpc) is 2.79. The minimum Gasteiger partial charge on any atom is -0.340 e. The van der Waals surface area contributed by atoms with Crippen LogP contribution in [0.3, 0.4) is 0 Å². The lowest BCUT2D eigenvalue weighted by molar-refractivity contribution is -0.131. The molecular formula is C15H19ClN4O2. The second kappa shape index (κ2) is 7.38. The highest BCUT2D eigenvalue weighted by Crippen LogP contribution is 2.05. The Bertz CT molecular complexity index is 708. The smallest absolute Gasteiger partial charge is 0.261 e. The first-order valence-electron chi connectivity index (χ1n) is 7.18. The summed E-state index contributed by atoms with van der Waals surface area (Å²) in [6.45, 7) is 3.21. The topological polar surface area (TPSA) is 67.2 Å². The van der Waals surface area contributed by atoms with Crippen LogP contribution >= 0.6 is 12.4 Å². The first kappa shape index (κ1) is 16.5. The number of halogens is 1. The summed E-state index contributed by atoms with van der Waals surface area (Å²) in [6, 6.07) is 7.18. The van der Waals surface area contributed by atoms with Gasteiger partial charge in [0.05, 0.1) is 17.2 Å². The van der Waals surface area contributed by atoms with Crippen molar-refractivity contribution < 1.29 is 4.79 Å². The minimum atomic E-state index is -0.165. The molecule has 1 amide bonds. The Kier molecular flexibility index (Phi) is 5.51. The first-order valence-corrected chi connectivity index (χ1v) is 7.18. The molecule has 1 N–H and O–H groups in total. The molecule has 1 saturated heterocycles. The van der Waals surface area contributed by atoms with Crippen molar-refractivity contribution in [2.75, 3.05) is 26.2 Å². The quantitative estimate of drug-likeness (QED) is 0.881. The summed E-state index contributed by atoms with van der Waals surface area (Å²) in [4.78, 5) is 30.7. The number of nitrogens with one attached hydrogen (secondary N) is 1. The molecule has 0 radical (unpaired) electrons. The van der Waals surface area contributed by atoms with Gasteiger partial charge in [0.1, 0.15) is 6.54 Å². The van der Waals surface area contributed by atoms with E-state index in [1.54, 1.807) is 18.2 Å². The van der Waals surface area contributed by atoms with Gasteiger partial charge in [-0.1, -0.05) is 12.1 Å². The number of rotatable bonds is 2. The summed E-state index contributed by atoms with van der Waals surface area (Å²) in [6.07, 6.45) is 2.40. The van der Waals surface area contributed by atoms with Crippen molar-refractivity contribution >= 4 is 29.2 Å². The fourth-order valence-corrected chi connectivity index (χ4v) is 2.56. The Morgan fingerprint density at radius 1 is 1.23 bits per heavy atom. The molecule has 1 aliphatic heterocycles. The van der Waals surface area contributed by atoms with Gasteiger partial charge in [-0.3, -0.25) is 14.2 Å². The minimum absolute atomic E-state index is 0. The van der Waals surface area contributed by atoms with E-state index in [4.69, 9.17) is 0 Å². The number of hydrogen-bond donors (Lipinski definition) is 1. The van der Waals surface area contributed by atoms with Crippen LogP contribution in [0.15, 0.2) is 35.4 Å². The Balaban J connectivity index is 0.00000176. The molecular weight excluding hydrogens is 304 g/mol. The van der Waals surface area contributed by atoms with Gasteiger partial charge in [-0.05, 0) is 25.1 Å². The number of amides is 1. The van der Waals surface area contributed by atoms with Crippen LogP contribution in [0, 0.1) is 0 Å². The molecule has 7 heteroatoms. The lowest BCUT2D eigenvalue weighted by Crippen LogP contribution is -2.38. The molecule has 0 atom stereocenters. The Hall–Kier alpha value is -1.92. The highest BCUT2D eigenvalue weighted by molar-refractivity contribution is 5.85. The van der Waals surface area contributed by atoms with Crippen molar-refractivity contribution in [2.24, 2.45) is 0 Å². The highest BCUT2D eigenvalue weighted by Gasteiger charge is 2.16. The number of aromatic nitrogens is 2. The average molecular weight is 323 g/mol. The van der Waals surface area contributed by atoms with E-state index in [2.05, 4.69) is 10.3 Å². The summed E-state index contributed by atoms with van der Waals surface area (Å²) in [5.41, 5.74) is 0.493. The van der Waals surface area contributed by atoms with Crippen LogP contribution in [-0.2, 0) is 11.3 Å². The number of para-hydroxylation sites is 1. The normalized spacial score (nSPS) is 15.2. The molecule has 1 fully saturated rings. The molecule has 2 heterocycles. The number of benzene rings is 1. The highest BCUT2D eigenvalue weighted by atomic mass is 35.5. The molecule has 1 aromatic heterocycles. The molecule has 0 unspecified atom stereocenters. The van der Waals surface area contributed by atoms with Crippen LogP contribution in [0.25, 0.3) is 10.9 Å². The largest absolute Gasteiger partial charge is 0.340 e. The number of fused-ring (bicyclic) bond motifs is 1. The van der Waals surface area contributed by atoms with E-state index in [0.29, 0.717) is 17.4 Å². The maximum Gasteiger partial charge on any atom is 0.261 e. The van der Waals surface area contributed by atoms with Crippen molar-refractivity contribution in [1.82, 2.24) is 19.8 Å². The van der Waals surface area contributed by atoms with Gasteiger partial charge in [0.25, 0.3) is 5.56 Å². The predicted molar refractivity (Wildman–Crippen MR) is 87.3 cm³/mol. The van der Waals surface area contributed by atoms with Crippen molar-refractivity contribution in [3.05, 3.63) is 40.9 Å². The maximum absolute atomic E-state index is 12.4. The zero-order valence-corrected chi connectivity index (χ0v) is 13.0. The summed E-state index contributed by atoms with van der Waals surface area (Å²) in [5, 5.41) is 3.80. The van der Waals surface area contributed by atoms with E-state index in [-0.39, 0.29) is 30.4 Å². The molecule has 0 bridgehead atoms.